The van der Waals surface area contributed by atoms with Gasteiger partial charge in [0, 0.05) is 43.3 Å². The van der Waals surface area contributed by atoms with Crippen LogP contribution in [0, 0.1) is 11.8 Å². The third kappa shape index (κ3) is 6.08. The molecule has 2 N–H and O–H groups in total. The first-order valence-electron chi connectivity index (χ1n) is 11.4. The SMILES string of the molecule is C[C@@H]1CN(c2ccc(Nc3nccc(OCC4CCC(CO)CC4)n3)cc2)C[C@H](C)O1. The fourth-order valence-electron chi connectivity index (χ4n) is 4.54. The Morgan fingerprint density at radius 1 is 1.03 bits per heavy atom. The van der Waals surface area contributed by atoms with Crippen molar-refractivity contribution in [3.8, 4) is 5.88 Å². The van der Waals surface area contributed by atoms with Crippen molar-refractivity contribution in [1.29, 1.82) is 0 Å². The summed E-state index contributed by atoms with van der Waals surface area (Å²) in [6.45, 7) is 7.01. The van der Waals surface area contributed by atoms with Gasteiger partial charge in [-0.1, -0.05) is 0 Å². The second-order valence-electron chi connectivity index (χ2n) is 8.93. The molecule has 2 atom stereocenters. The van der Waals surface area contributed by atoms with Crippen LogP contribution in [0.5, 0.6) is 5.88 Å². The summed E-state index contributed by atoms with van der Waals surface area (Å²) in [5, 5.41) is 12.5. The van der Waals surface area contributed by atoms with Crippen molar-refractivity contribution in [2.45, 2.75) is 51.7 Å². The molecule has 0 spiro atoms. The zero-order valence-electron chi connectivity index (χ0n) is 18.5. The minimum atomic E-state index is 0.238. The molecule has 31 heavy (non-hydrogen) atoms. The molecule has 0 amide bonds. The van der Waals surface area contributed by atoms with Gasteiger partial charge in [0.25, 0.3) is 0 Å². The molecule has 4 rings (SSSR count). The molecule has 1 saturated carbocycles. The monoisotopic (exact) mass is 426 g/mol. The number of aliphatic hydroxyl groups excluding tert-OH is 1. The van der Waals surface area contributed by atoms with E-state index < -0.39 is 0 Å². The van der Waals surface area contributed by atoms with Gasteiger partial charge in [0.05, 0.1) is 18.8 Å². The average Bonchev–Trinajstić information content (AvgIpc) is 2.78. The Balaban J connectivity index is 1.30. The summed E-state index contributed by atoms with van der Waals surface area (Å²) < 4.78 is 11.8. The van der Waals surface area contributed by atoms with Gasteiger partial charge in [0.1, 0.15) is 0 Å². The molecule has 168 valence electrons. The van der Waals surface area contributed by atoms with Gasteiger partial charge in [-0.2, -0.15) is 4.98 Å². The number of hydrogen-bond acceptors (Lipinski definition) is 7. The van der Waals surface area contributed by atoms with Gasteiger partial charge < -0.3 is 24.8 Å². The molecule has 2 heterocycles. The van der Waals surface area contributed by atoms with Crippen LogP contribution in [0.2, 0.25) is 0 Å². The zero-order valence-corrected chi connectivity index (χ0v) is 18.5. The largest absolute Gasteiger partial charge is 0.477 e. The van der Waals surface area contributed by atoms with Crippen LogP contribution < -0.4 is 15.0 Å². The van der Waals surface area contributed by atoms with Gasteiger partial charge in [-0.3, -0.25) is 0 Å². The van der Waals surface area contributed by atoms with Gasteiger partial charge in [-0.15, -0.1) is 0 Å². The van der Waals surface area contributed by atoms with Crippen molar-refractivity contribution in [3.05, 3.63) is 36.5 Å². The van der Waals surface area contributed by atoms with Crippen molar-refractivity contribution >= 4 is 17.3 Å². The number of ether oxygens (including phenoxy) is 2. The second kappa shape index (κ2) is 10.3. The molecule has 1 aliphatic heterocycles. The van der Waals surface area contributed by atoms with Crippen molar-refractivity contribution in [2.24, 2.45) is 11.8 Å². The topological polar surface area (TPSA) is 79.7 Å². The Bertz CT molecular complexity index is 814. The molecule has 2 fully saturated rings. The number of hydrogen-bond donors (Lipinski definition) is 2. The first-order valence-corrected chi connectivity index (χ1v) is 11.4. The third-order valence-corrected chi connectivity index (χ3v) is 6.23. The van der Waals surface area contributed by atoms with Crippen LogP contribution >= 0.6 is 0 Å². The van der Waals surface area contributed by atoms with Crippen molar-refractivity contribution in [2.75, 3.05) is 36.5 Å². The molecule has 0 bridgehead atoms. The normalized spacial score (nSPS) is 26.5. The summed E-state index contributed by atoms with van der Waals surface area (Å²) in [6, 6.07) is 10.1. The Kier molecular flexibility index (Phi) is 7.25. The van der Waals surface area contributed by atoms with Gasteiger partial charge in [-0.05, 0) is 75.6 Å². The first-order chi connectivity index (χ1) is 15.1. The molecule has 7 heteroatoms. The minimum Gasteiger partial charge on any atom is -0.477 e. The van der Waals surface area contributed by atoms with E-state index in [1.165, 1.54) is 5.69 Å². The molecule has 2 aromatic rings. The van der Waals surface area contributed by atoms with E-state index in [0.29, 0.717) is 36.9 Å². The van der Waals surface area contributed by atoms with E-state index >= 15 is 0 Å². The molecule has 1 aromatic carbocycles. The lowest BCUT2D eigenvalue weighted by Gasteiger charge is -2.36. The average molecular weight is 427 g/mol. The molecular formula is C24H34N4O3. The van der Waals surface area contributed by atoms with Crippen LogP contribution in [-0.4, -0.2) is 53.6 Å². The first kappa shape index (κ1) is 21.8. The van der Waals surface area contributed by atoms with Crippen molar-refractivity contribution in [3.63, 3.8) is 0 Å². The Hall–Kier alpha value is -2.38. The van der Waals surface area contributed by atoms with E-state index in [-0.39, 0.29) is 12.2 Å². The predicted molar refractivity (Wildman–Crippen MR) is 122 cm³/mol. The quantitative estimate of drug-likeness (QED) is 0.692. The molecule has 1 aliphatic carbocycles. The molecule has 2 aliphatic rings. The smallest absolute Gasteiger partial charge is 0.230 e. The lowest BCUT2D eigenvalue weighted by molar-refractivity contribution is -0.00521. The lowest BCUT2D eigenvalue weighted by atomic mass is 9.83. The zero-order chi connectivity index (χ0) is 21.6. The van der Waals surface area contributed by atoms with Gasteiger partial charge >= 0.3 is 0 Å². The third-order valence-electron chi connectivity index (χ3n) is 6.23. The maximum absolute atomic E-state index is 9.28. The second-order valence-corrected chi connectivity index (χ2v) is 8.93. The van der Waals surface area contributed by atoms with Crippen LogP contribution in [0.3, 0.4) is 0 Å². The number of rotatable bonds is 7. The van der Waals surface area contributed by atoms with Gasteiger partial charge in [0.15, 0.2) is 0 Å². The van der Waals surface area contributed by atoms with E-state index in [1.54, 1.807) is 12.3 Å². The molecule has 1 saturated heterocycles. The molecule has 1 aromatic heterocycles. The van der Waals surface area contributed by atoms with Crippen molar-refractivity contribution in [1.82, 2.24) is 9.97 Å². The molecule has 7 nitrogen and oxygen atoms in total. The highest BCUT2D eigenvalue weighted by molar-refractivity contribution is 5.59. The highest BCUT2D eigenvalue weighted by atomic mass is 16.5. The van der Waals surface area contributed by atoms with Gasteiger partial charge in [0.2, 0.25) is 11.8 Å². The summed E-state index contributed by atoms with van der Waals surface area (Å²) in [5.41, 5.74) is 2.14. The van der Waals surface area contributed by atoms with E-state index in [1.807, 2.05) is 0 Å². The number of aliphatic hydroxyl groups is 1. The van der Waals surface area contributed by atoms with Gasteiger partial charge in [-0.25, -0.2) is 4.98 Å². The highest BCUT2D eigenvalue weighted by Gasteiger charge is 2.23. The van der Waals surface area contributed by atoms with Crippen LogP contribution in [0.4, 0.5) is 17.3 Å². The maximum atomic E-state index is 9.28. The summed E-state index contributed by atoms with van der Waals surface area (Å²) in [4.78, 5) is 11.2. The predicted octanol–water partition coefficient (Wildman–Crippen LogP) is 4.01. The number of nitrogens with one attached hydrogen (secondary N) is 1. The maximum Gasteiger partial charge on any atom is 0.230 e. The Morgan fingerprint density at radius 3 is 2.39 bits per heavy atom. The van der Waals surface area contributed by atoms with E-state index in [0.717, 1.165) is 44.5 Å². The number of anilines is 3. The standard InChI is InChI=1S/C24H34N4O3/c1-17-13-28(14-18(2)31-17)22-9-7-21(8-10-22)26-24-25-12-11-23(27-24)30-16-20-5-3-19(15-29)4-6-20/h7-12,17-20,29H,3-6,13-16H2,1-2H3,(H,25,26,27)/t17-,18+,19?,20?. The number of aromatic nitrogens is 2. The Labute approximate surface area is 184 Å². The van der Waals surface area contributed by atoms with E-state index in [9.17, 15) is 5.11 Å². The minimum absolute atomic E-state index is 0.238. The van der Waals surface area contributed by atoms with E-state index in [2.05, 4.69) is 58.3 Å². The molecule has 0 unspecified atom stereocenters. The van der Waals surface area contributed by atoms with Crippen LogP contribution in [0.15, 0.2) is 36.5 Å². The Morgan fingerprint density at radius 2 is 1.71 bits per heavy atom. The fourth-order valence-corrected chi connectivity index (χ4v) is 4.54. The highest BCUT2D eigenvalue weighted by Crippen LogP contribution is 2.29. The van der Waals surface area contributed by atoms with E-state index in [4.69, 9.17) is 9.47 Å². The lowest BCUT2D eigenvalue weighted by Crippen LogP contribution is -2.45. The summed E-state index contributed by atoms with van der Waals surface area (Å²) in [6.07, 6.45) is 6.57. The van der Waals surface area contributed by atoms with Crippen LogP contribution in [-0.2, 0) is 4.74 Å². The summed E-state index contributed by atoms with van der Waals surface area (Å²) in [5.74, 6) is 2.12. The van der Waals surface area contributed by atoms with Crippen LogP contribution in [0.1, 0.15) is 39.5 Å². The number of benzene rings is 1. The van der Waals surface area contributed by atoms with Crippen LogP contribution in [0.25, 0.3) is 0 Å². The van der Waals surface area contributed by atoms with Crippen molar-refractivity contribution < 1.29 is 14.6 Å². The molecular weight excluding hydrogens is 392 g/mol. The number of nitrogens with zero attached hydrogens (tertiary/aromatic N) is 3. The summed E-state index contributed by atoms with van der Waals surface area (Å²) in [7, 11) is 0. The number of morpholine rings is 1. The summed E-state index contributed by atoms with van der Waals surface area (Å²) >= 11 is 0. The fraction of sp³-hybridized carbons (Fsp3) is 0.583. The molecule has 0 radical (unpaired) electrons.